The molecule has 1 saturated heterocycles. The Balaban J connectivity index is 1.57. The predicted molar refractivity (Wildman–Crippen MR) is 66.8 cm³/mol. The number of hydrogen-bond acceptors (Lipinski definition) is 3. The van der Waals surface area contributed by atoms with E-state index < -0.39 is 0 Å². The van der Waals surface area contributed by atoms with Crippen molar-refractivity contribution in [2.75, 3.05) is 19.8 Å². The van der Waals surface area contributed by atoms with E-state index in [4.69, 9.17) is 9.47 Å². The van der Waals surface area contributed by atoms with Crippen LogP contribution in [-0.2, 0) is 6.42 Å². The van der Waals surface area contributed by atoms with Crippen molar-refractivity contribution in [2.24, 2.45) is 0 Å². The van der Waals surface area contributed by atoms with E-state index in [-0.39, 0.29) is 0 Å². The Labute approximate surface area is 102 Å². The number of hydrogen-bond donors (Lipinski definition) is 1. The van der Waals surface area contributed by atoms with Crippen molar-refractivity contribution in [1.82, 2.24) is 5.32 Å². The Bertz CT molecular complexity index is 386. The number of benzene rings is 1. The van der Waals surface area contributed by atoms with Crippen LogP contribution in [0, 0.1) is 0 Å². The fourth-order valence-electron chi connectivity index (χ4n) is 2.52. The first kappa shape index (κ1) is 10.9. The zero-order valence-electron chi connectivity index (χ0n) is 10.1. The molecule has 1 aromatic rings. The van der Waals surface area contributed by atoms with Crippen molar-refractivity contribution in [3.05, 3.63) is 23.8 Å². The van der Waals surface area contributed by atoms with Gasteiger partial charge in [0.2, 0.25) is 0 Å². The first-order valence-electron chi connectivity index (χ1n) is 6.54. The molecule has 0 bridgehead atoms. The smallest absolute Gasteiger partial charge is 0.122 e. The van der Waals surface area contributed by atoms with Crippen LogP contribution in [0.15, 0.2) is 18.2 Å². The largest absolute Gasteiger partial charge is 0.493 e. The Kier molecular flexibility index (Phi) is 3.18. The quantitative estimate of drug-likeness (QED) is 0.867. The minimum absolute atomic E-state index is 0.522. The Morgan fingerprint density at radius 1 is 1.35 bits per heavy atom. The summed E-state index contributed by atoms with van der Waals surface area (Å²) in [6, 6.07) is 6.66. The summed E-state index contributed by atoms with van der Waals surface area (Å²) in [7, 11) is 0. The predicted octanol–water partition coefficient (Wildman–Crippen LogP) is 2.14. The van der Waals surface area contributed by atoms with Gasteiger partial charge in [-0.15, -0.1) is 0 Å². The zero-order chi connectivity index (χ0) is 11.5. The van der Waals surface area contributed by atoms with Gasteiger partial charge in [0, 0.05) is 18.0 Å². The molecule has 2 heterocycles. The average Bonchev–Trinajstić information content (AvgIpc) is 2.85. The lowest BCUT2D eigenvalue weighted by molar-refractivity contribution is 0.239. The minimum atomic E-state index is 0.522. The van der Waals surface area contributed by atoms with Gasteiger partial charge in [-0.2, -0.15) is 0 Å². The van der Waals surface area contributed by atoms with Gasteiger partial charge in [0.15, 0.2) is 0 Å². The molecule has 1 unspecified atom stereocenters. The van der Waals surface area contributed by atoms with Gasteiger partial charge in [-0.1, -0.05) is 6.42 Å². The van der Waals surface area contributed by atoms with Gasteiger partial charge >= 0.3 is 0 Å². The van der Waals surface area contributed by atoms with E-state index in [2.05, 4.69) is 11.4 Å². The van der Waals surface area contributed by atoms with Crippen LogP contribution in [0.5, 0.6) is 11.5 Å². The SMILES string of the molecule is c1cc2c(cc1OCC1CCCCN1)CCO2. The van der Waals surface area contributed by atoms with Gasteiger partial charge in [0.1, 0.15) is 18.1 Å². The molecule has 3 nitrogen and oxygen atoms in total. The minimum Gasteiger partial charge on any atom is -0.493 e. The number of rotatable bonds is 3. The molecule has 0 radical (unpaired) electrons. The highest BCUT2D eigenvalue weighted by Gasteiger charge is 2.15. The van der Waals surface area contributed by atoms with E-state index >= 15 is 0 Å². The molecular weight excluding hydrogens is 214 g/mol. The van der Waals surface area contributed by atoms with E-state index in [9.17, 15) is 0 Å². The third-order valence-electron chi connectivity index (χ3n) is 3.52. The standard InChI is InChI=1S/C14H19NO2/c1-2-7-15-12(3-1)10-17-13-4-5-14-11(9-13)6-8-16-14/h4-5,9,12,15H,1-3,6-8,10H2. The van der Waals surface area contributed by atoms with Crippen LogP contribution in [0.25, 0.3) is 0 Å². The van der Waals surface area contributed by atoms with Crippen molar-refractivity contribution >= 4 is 0 Å². The molecule has 0 spiro atoms. The molecule has 1 N–H and O–H groups in total. The van der Waals surface area contributed by atoms with Gasteiger partial charge in [-0.05, 0) is 37.6 Å². The third-order valence-corrected chi connectivity index (χ3v) is 3.52. The van der Waals surface area contributed by atoms with Crippen LogP contribution in [0.2, 0.25) is 0 Å². The van der Waals surface area contributed by atoms with E-state index in [1.165, 1.54) is 24.8 Å². The second-order valence-corrected chi connectivity index (χ2v) is 4.83. The highest BCUT2D eigenvalue weighted by Crippen LogP contribution is 2.29. The average molecular weight is 233 g/mol. The van der Waals surface area contributed by atoms with Crippen LogP contribution < -0.4 is 14.8 Å². The topological polar surface area (TPSA) is 30.5 Å². The van der Waals surface area contributed by atoms with Gasteiger partial charge < -0.3 is 14.8 Å². The van der Waals surface area contributed by atoms with Crippen LogP contribution in [-0.4, -0.2) is 25.8 Å². The summed E-state index contributed by atoms with van der Waals surface area (Å²) in [6.07, 6.45) is 4.86. The van der Waals surface area contributed by atoms with E-state index in [1.807, 2.05) is 12.1 Å². The summed E-state index contributed by atoms with van der Waals surface area (Å²) in [5.41, 5.74) is 1.28. The summed E-state index contributed by atoms with van der Waals surface area (Å²) in [6.45, 7) is 2.72. The van der Waals surface area contributed by atoms with Gasteiger partial charge in [0.25, 0.3) is 0 Å². The number of piperidine rings is 1. The molecule has 0 amide bonds. The van der Waals surface area contributed by atoms with Crippen molar-refractivity contribution < 1.29 is 9.47 Å². The number of fused-ring (bicyclic) bond motifs is 1. The molecule has 0 saturated carbocycles. The summed E-state index contributed by atoms with van der Waals surface area (Å²) in [4.78, 5) is 0. The maximum Gasteiger partial charge on any atom is 0.122 e. The van der Waals surface area contributed by atoms with Gasteiger partial charge in [-0.3, -0.25) is 0 Å². The van der Waals surface area contributed by atoms with Gasteiger partial charge in [-0.25, -0.2) is 0 Å². The van der Waals surface area contributed by atoms with Crippen LogP contribution in [0.1, 0.15) is 24.8 Å². The third kappa shape index (κ3) is 2.55. The van der Waals surface area contributed by atoms with E-state index in [1.54, 1.807) is 0 Å². The molecular formula is C14H19NO2. The summed E-state index contributed by atoms with van der Waals surface area (Å²) in [5, 5.41) is 3.49. The lowest BCUT2D eigenvalue weighted by Gasteiger charge is -2.23. The molecule has 0 aromatic heterocycles. The molecule has 1 aromatic carbocycles. The molecule has 3 rings (SSSR count). The van der Waals surface area contributed by atoms with Crippen molar-refractivity contribution in [2.45, 2.75) is 31.7 Å². The fraction of sp³-hybridized carbons (Fsp3) is 0.571. The zero-order valence-corrected chi connectivity index (χ0v) is 10.1. The number of ether oxygens (including phenoxy) is 2. The van der Waals surface area contributed by atoms with Crippen molar-refractivity contribution in [1.29, 1.82) is 0 Å². The maximum absolute atomic E-state index is 5.85. The lowest BCUT2D eigenvalue weighted by Crippen LogP contribution is -2.38. The van der Waals surface area contributed by atoms with Gasteiger partial charge in [0.05, 0.1) is 6.61 Å². The molecule has 92 valence electrons. The first-order valence-corrected chi connectivity index (χ1v) is 6.54. The Morgan fingerprint density at radius 3 is 3.24 bits per heavy atom. The molecule has 0 aliphatic carbocycles. The molecule has 1 fully saturated rings. The highest BCUT2D eigenvalue weighted by atomic mass is 16.5. The van der Waals surface area contributed by atoms with Crippen molar-refractivity contribution in [3.8, 4) is 11.5 Å². The number of nitrogens with one attached hydrogen (secondary N) is 1. The van der Waals surface area contributed by atoms with Crippen LogP contribution in [0.4, 0.5) is 0 Å². The molecule has 1 atom stereocenters. The van der Waals surface area contributed by atoms with E-state index in [0.717, 1.165) is 37.7 Å². The Morgan fingerprint density at radius 2 is 2.35 bits per heavy atom. The first-order chi connectivity index (χ1) is 8.42. The second kappa shape index (κ2) is 4.96. The molecule has 17 heavy (non-hydrogen) atoms. The Hall–Kier alpha value is -1.22. The van der Waals surface area contributed by atoms with Crippen molar-refractivity contribution in [3.63, 3.8) is 0 Å². The second-order valence-electron chi connectivity index (χ2n) is 4.83. The normalized spacial score (nSPS) is 22.9. The highest BCUT2D eigenvalue weighted by molar-refractivity contribution is 5.42. The summed E-state index contributed by atoms with van der Waals surface area (Å²) >= 11 is 0. The van der Waals surface area contributed by atoms with Crippen LogP contribution in [0.3, 0.4) is 0 Å². The van der Waals surface area contributed by atoms with E-state index in [0.29, 0.717) is 6.04 Å². The summed E-state index contributed by atoms with van der Waals surface area (Å²) < 4.78 is 11.3. The summed E-state index contributed by atoms with van der Waals surface area (Å²) in [5.74, 6) is 2.00. The molecule has 2 aliphatic rings. The fourth-order valence-corrected chi connectivity index (χ4v) is 2.52. The molecule has 3 heteroatoms. The van der Waals surface area contributed by atoms with Crippen LogP contribution >= 0.6 is 0 Å². The molecule has 2 aliphatic heterocycles. The lowest BCUT2D eigenvalue weighted by atomic mass is 10.1. The maximum atomic E-state index is 5.85. The monoisotopic (exact) mass is 233 g/mol.